The molecule has 0 N–H and O–H groups in total. The van der Waals surface area contributed by atoms with Crippen LogP contribution in [0.1, 0.15) is 67.2 Å². The van der Waals surface area contributed by atoms with Crippen molar-refractivity contribution in [3.05, 3.63) is 88.5 Å². The summed E-state index contributed by atoms with van der Waals surface area (Å²) in [5, 5.41) is 0. The van der Waals surface area contributed by atoms with Crippen molar-refractivity contribution in [1.82, 2.24) is 4.90 Å². The van der Waals surface area contributed by atoms with Crippen LogP contribution in [0.4, 0.5) is 35.1 Å². The number of fused-ring (bicyclic) bond motifs is 1. The van der Waals surface area contributed by atoms with Gasteiger partial charge in [-0.25, -0.2) is 8.78 Å². The van der Waals surface area contributed by atoms with Gasteiger partial charge in [0, 0.05) is 36.6 Å². The minimum atomic E-state index is -4.57. The molecule has 3 nitrogen and oxygen atoms in total. The van der Waals surface area contributed by atoms with E-state index in [4.69, 9.17) is 4.74 Å². The standard InChI is InChI=1S/C17H16F4O.C14H13F4NO/c1-10(2)13-8-14(16(22-3)9-15(13)18)11-4-6-12(7-5-11)17(19,20)21;15-10-5-8(4-9(6-10)14(16,17)18)11-7-13(20)19-3-1-2-12(11)19/h4-10H,1-3H3;4-6,11-12H,1-3,7H2/t;11-,12+/m.1/s1. The number of amides is 1. The van der Waals surface area contributed by atoms with Crippen LogP contribution >= 0.6 is 0 Å². The minimum Gasteiger partial charge on any atom is -0.496 e. The lowest BCUT2D eigenvalue weighted by Crippen LogP contribution is -2.28. The second kappa shape index (κ2) is 11.9. The molecule has 0 spiro atoms. The second-order valence-corrected chi connectivity index (χ2v) is 10.7. The molecule has 0 bridgehead atoms. The summed E-state index contributed by atoms with van der Waals surface area (Å²) in [4.78, 5) is 13.5. The van der Waals surface area contributed by atoms with Crippen LogP contribution in [0.15, 0.2) is 54.6 Å². The summed E-state index contributed by atoms with van der Waals surface area (Å²) in [6, 6.07) is 10.1. The summed E-state index contributed by atoms with van der Waals surface area (Å²) < 4.78 is 109. The van der Waals surface area contributed by atoms with E-state index in [0.717, 1.165) is 37.1 Å². The third-order valence-electron chi connectivity index (χ3n) is 7.62. The van der Waals surface area contributed by atoms with Crippen molar-refractivity contribution >= 4 is 5.91 Å². The molecule has 3 aromatic carbocycles. The van der Waals surface area contributed by atoms with Crippen molar-refractivity contribution in [2.24, 2.45) is 0 Å². The molecule has 2 aliphatic rings. The van der Waals surface area contributed by atoms with Crippen LogP contribution in [0.2, 0.25) is 0 Å². The Morgan fingerprint density at radius 3 is 2.10 bits per heavy atom. The number of hydrogen-bond donors (Lipinski definition) is 0. The summed E-state index contributed by atoms with van der Waals surface area (Å²) in [6.45, 7) is 4.35. The third kappa shape index (κ3) is 6.71. The Bertz CT molecular complexity index is 1430. The van der Waals surface area contributed by atoms with Crippen LogP contribution in [0.25, 0.3) is 11.1 Å². The number of nitrogens with zero attached hydrogens (tertiary/aromatic N) is 1. The smallest absolute Gasteiger partial charge is 0.416 e. The highest BCUT2D eigenvalue weighted by Gasteiger charge is 2.43. The first-order chi connectivity index (χ1) is 19.6. The summed E-state index contributed by atoms with van der Waals surface area (Å²) >= 11 is 0. The zero-order valence-corrected chi connectivity index (χ0v) is 23.0. The van der Waals surface area contributed by atoms with E-state index in [-0.39, 0.29) is 41.6 Å². The molecule has 11 heteroatoms. The van der Waals surface area contributed by atoms with Crippen molar-refractivity contribution in [3.63, 3.8) is 0 Å². The zero-order valence-electron chi connectivity index (χ0n) is 23.0. The first kappa shape index (κ1) is 31.3. The number of halogens is 8. The van der Waals surface area contributed by atoms with Crippen LogP contribution < -0.4 is 4.74 Å². The van der Waals surface area contributed by atoms with Crippen molar-refractivity contribution < 1.29 is 44.7 Å². The number of benzene rings is 3. The Kier molecular flexibility index (Phi) is 8.89. The summed E-state index contributed by atoms with van der Waals surface area (Å²) in [5.74, 6) is -1.42. The van der Waals surface area contributed by atoms with Gasteiger partial charge in [0.1, 0.15) is 17.4 Å². The first-order valence-corrected chi connectivity index (χ1v) is 13.3. The van der Waals surface area contributed by atoms with Gasteiger partial charge in [-0.3, -0.25) is 4.79 Å². The molecule has 42 heavy (non-hydrogen) atoms. The average molecular weight is 600 g/mol. The maximum absolute atomic E-state index is 14.0. The molecule has 2 heterocycles. The van der Waals surface area contributed by atoms with E-state index in [9.17, 15) is 39.9 Å². The Labute approximate surface area is 238 Å². The molecule has 2 aliphatic heterocycles. The highest BCUT2D eigenvalue weighted by atomic mass is 19.4. The Balaban J connectivity index is 0.000000193. The van der Waals surface area contributed by atoms with Gasteiger partial charge in [0.05, 0.1) is 18.2 Å². The molecule has 0 aliphatic carbocycles. The minimum absolute atomic E-state index is 0.0425. The monoisotopic (exact) mass is 599 g/mol. The molecule has 1 amide bonds. The summed E-state index contributed by atoms with van der Waals surface area (Å²) in [6.07, 6.45) is -7.16. The van der Waals surface area contributed by atoms with E-state index in [0.29, 0.717) is 35.1 Å². The fraction of sp³-hybridized carbons (Fsp3) is 0.387. The summed E-state index contributed by atoms with van der Waals surface area (Å²) in [7, 11) is 1.40. The van der Waals surface area contributed by atoms with Gasteiger partial charge in [-0.05, 0) is 71.8 Å². The molecule has 3 aromatic rings. The predicted molar refractivity (Wildman–Crippen MR) is 141 cm³/mol. The fourth-order valence-corrected chi connectivity index (χ4v) is 5.54. The van der Waals surface area contributed by atoms with Gasteiger partial charge >= 0.3 is 12.4 Å². The average Bonchev–Trinajstić information content (AvgIpc) is 3.51. The topological polar surface area (TPSA) is 29.5 Å². The molecule has 0 unspecified atom stereocenters. The van der Waals surface area contributed by atoms with Gasteiger partial charge in [-0.1, -0.05) is 26.0 Å². The molecule has 2 atom stereocenters. The molecule has 2 fully saturated rings. The van der Waals surface area contributed by atoms with Crippen LogP contribution in [-0.2, 0) is 17.1 Å². The predicted octanol–water partition coefficient (Wildman–Crippen LogP) is 8.97. The maximum Gasteiger partial charge on any atom is 0.416 e. The number of carbonyl (C=O) groups excluding carboxylic acids is 1. The first-order valence-electron chi connectivity index (χ1n) is 13.3. The molecule has 5 rings (SSSR count). The lowest BCUT2D eigenvalue weighted by molar-refractivity contribution is -0.138. The molecular formula is C31H29F8NO2. The Morgan fingerprint density at radius 1 is 0.881 bits per heavy atom. The largest absolute Gasteiger partial charge is 0.496 e. The number of hydrogen-bond acceptors (Lipinski definition) is 2. The number of rotatable bonds is 4. The van der Waals surface area contributed by atoms with E-state index in [2.05, 4.69) is 0 Å². The quantitative estimate of drug-likeness (QED) is 0.280. The molecule has 0 radical (unpaired) electrons. The van der Waals surface area contributed by atoms with Crippen molar-refractivity contribution in [1.29, 1.82) is 0 Å². The van der Waals surface area contributed by atoms with E-state index in [1.54, 1.807) is 11.0 Å². The molecule has 0 saturated carbocycles. The van der Waals surface area contributed by atoms with Crippen molar-refractivity contribution in [2.75, 3.05) is 13.7 Å². The normalized spacial score (nSPS) is 18.7. The molecule has 0 aromatic heterocycles. The fourth-order valence-electron chi connectivity index (χ4n) is 5.54. The molecule has 226 valence electrons. The molecule has 2 saturated heterocycles. The third-order valence-corrected chi connectivity index (χ3v) is 7.62. The second-order valence-electron chi connectivity index (χ2n) is 10.7. The van der Waals surface area contributed by atoms with Crippen molar-refractivity contribution in [2.45, 2.75) is 63.3 Å². The van der Waals surface area contributed by atoms with E-state index in [1.807, 2.05) is 13.8 Å². The van der Waals surface area contributed by atoms with E-state index >= 15 is 0 Å². The Morgan fingerprint density at radius 2 is 1.52 bits per heavy atom. The van der Waals surface area contributed by atoms with Gasteiger partial charge in [0.2, 0.25) is 5.91 Å². The van der Waals surface area contributed by atoms with Crippen LogP contribution in [0.3, 0.4) is 0 Å². The number of ether oxygens (including phenoxy) is 1. The van der Waals surface area contributed by atoms with Gasteiger partial charge in [0.15, 0.2) is 0 Å². The SMILES string of the molecule is COc1cc(F)c(C(C)C)cc1-c1ccc(C(F)(F)F)cc1.O=C1C[C@H](c2cc(F)cc(C(F)(F)F)c2)[C@@H]2CCCN12. The van der Waals surface area contributed by atoms with E-state index < -0.39 is 29.3 Å². The van der Waals surface area contributed by atoms with Crippen LogP contribution in [0, 0.1) is 11.6 Å². The van der Waals surface area contributed by atoms with Gasteiger partial charge in [-0.2, -0.15) is 26.3 Å². The van der Waals surface area contributed by atoms with Gasteiger partial charge in [0.25, 0.3) is 0 Å². The lowest BCUT2D eigenvalue weighted by atomic mass is 9.89. The highest BCUT2D eigenvalue weighted by Crippen LogP contribution is 2.42. The van der Waals surface area contributed by atoms with Gasteiger partial charge < -0.3 is 9.64 Å². The lowest BCUT2D eigenvalue weighted by Gasteiger charge is -2.21. The number of methoxy groups -OCH3 is 1. The summed E-state index contributed by atoms with van der Waals surface area (Å²) in [5.41, 5.74) is 0.182. The maximum atomic E-state index is 14.0. The number of alkyl halides is 6. The Hall–Kier alpha value is -3.63. The number of carbonyl (C=O) groups is 1. The van der Waals surface area contributed by atoms with Crippen LogP contribution in [-0.4, -0.2) is 30.5 Å². The highest BCUT2D eigenvalue weighted by molar-refractivity contribution is 5.81. The van der Waals surface area contributed by atoms with E-state index in [1.165, 1.54) is 25.3 Å². The zero-order chi connectivity index (χ0) is 31.0. The molecular weight excluding hydrogens is 570 g/mol. The van der Waals surface area contributed by atoms with Gasteiger partial charge in [-0.15, -0.1) is 0 Å². The van der Waals surface area contributed by atoms with Crippen LogP contribution in [0.5, 0.6) is 5.75 Å². The van der Waals surface area contributed by atoms with Crippen molar-refractivity contribution in [3.8, 4) is 16.9 Å².